The van der Waals surface area contributed by atoms with Crippen molar-refractivity contribution < 1.29 is 17.5 Å². The Morgan fingerprint density at radius 1 is 1.00 bits per heavy atom. The molecule has 0 heterocycles. The molecule has 4 nitrogen and oxygen atoms in total. The van der Waals surface area contributed by atoms with E-state index in [0.29, 0.717) is 0 Å². The molecule has 0 aliphatic carbocycles. The molecule has 0 saturated heterocycles. The molecule has 0 amide bonds. The van der Waals surface area contributed by atoms with Gasteiger partial charge in [0.1, 0.15) is 0 Å². The molecule has 0 saturated carbocycles. The molecule has 0 unspecified atom stereocenters. The summed E-state index contributed by atoms with van der Waals surface area (Å²) in [6.45, 7) is 0. The quantitative estimate of drug-likeness (QED) is 0.410. The predicted octanol–water partition coefficient (Wildman–Crippen LogP) is 1.08. The Morgan fingerprint density at radius 3 is 1.00 bits per heavy atom. The number of halogens is 4. The molecule has 0 aromatic rings. The third-order valence-corrected chi connectivity index (χ3v) is 0. The van der Waals surface area contributed by atoms with Gasteiger partial charge in [0.05, 0.1) is 0 Å². The first-order chi connectivity index (χ1) is 4.00. The van der Waals surface area contributed by atoms with Crippen molar-refractivity contribution in [3.8, 4) is 0 Å². The Labute approximate surface area is 105 Å². The van der Waals surface area contributed by atoms with Crippen molar-refractivity contribution in [3.05, 3.63) is 0 Å². The van der Waals surface area contributed by atoms with Crippen LogP contribution in [0.2, 0.25) is 0 Å². The van der Waals surface area contributed by atoms with E-state index in [1.54, 1.807) is 0 Å². The van der Waals surface area contributed by atoms with E-state index in [9.17, 15) is 0 Å². The van der Waals surface area contributed by atoms with Gasteiger partial charge in [-0.1, -0.05) is 0 Å². The molecule has 0 bridgehead atoms. The standard InChI is InChI=1S/4ClH.Na.H2O4S.Pb.H/c;;;;;1-5(2,3)4;;/h4*1H;;(H2,1,2,3,4);;/q;;;;;;+4;/p-4. The summed E-state index contributed by atoms with van der Waals surface area (Å²) in [7, 11) is 15.5. The van der Waals surface area contributed by atoms with Crippen molar-refractivity contribution in [3.63, 3.8) is 0 Å². The summed E-state index contributed by atoms with van der Waals surface area (Å²) in [6.07, 6.45) is 0. The molecule has 0 atom stereocenters. The van der Waals surface area contributed by atoms with Crippen molar-refractivity contribution in [1.82, 2.24) is 0 Å². The van der Waals surface area contributed by atoms with Crippen LogP contribution in [-0.4, -0.2) is 63.4 Å². The van der Waals surface area contributed by atoms with Crippen molar-refractivity contribution in [2.24, 2.45) is 0 Å². The van der Waals surface area contributed by atoms with E-state index in [0.717, 1.165) is 0 Å². The van der Waals surface area contributed by atoms with Gasteiger partial charge < -0.3 is 0 Å². The molecule has 0 aromatic carbocycles. The van der Waals surface area contributed by atoms with E-state index >= 15 is 0 Å². The van der Waals surface area contributed by atoms with Crippen LogP contribution in [0.5, 0.6) is 0 Å². The summed E-state index contributed by atoms with van der Waals surface area (Å²) in [5.74, 6) is 0. The first-order valence-corrected chi connectivity index (χ1v) is 22.0. The van der Waals surface area contributed by atoms with Crippen LogP contribution in [-0.2, 0) is 10.4 Å². The Bertz CT molecular complexity index is 157. The fourth-order valence-corrected chi connectivity index (χ4v) is 0. The molecule has 11 heavy (non-hydrogen) atoms. The third kappa shape index (κ3) is 178. The topological polar surface area (TPSA) is 74.6 Å². The second-order valence-corrected chi connectivity index (χ2v) is 35.2. The monoisotopic (exact) mass is 470 g/mol. The Hall–Kier alpha value is 2.95. The summed E-state index contributed by atoms with van der Waals surface area (Å²) < 4.78 is 31.6. The minimum absolute atomic E-state index is 0. The van der Waals surface area contributed by atoms with Gasteiger partial charge in [0.25, 0.3) is 0 Å². The summed E-state index contributed by atoms with van der Waals surface area (Å²) in [6, 6.07) is 0. The average Bonchev–Trinajstić information content (AvgIpc) is 1.12. The maximum absolute atomic E-state index is 8.74. The van der Waals surface area contributed by atoms with E-state index in [4.69, 9.17) is 50.8 Å². The van der Waals surface area contributed by atoms with Crippen molar-refractivity contribution in [2.75, 3.05) is 0 Å². The maximum atomic E-state index is 8.74. The van der Waals surface area contributed by atoms with Crippen molar-refractivity contribution >= 4 is 89.5 Å². The normalized spacial score (nSPS) is 10.7. The number of hydrogen-bond donors (Lipinski definition) is 2. The summed E-state index contributed by atoms with van der Waals surface area (Å²) in [4.78, 5) is 0. The van der Waals surface area contributed by atoms with E-state index in [1.807, 2.05) is 0 Å². The molecule has 0 radical (unpaired) electrons. The van der Waals surface area contributed by atoms with Crippen LogP contribution in [0.25, 0.3) is 0 Å². The predicted molar refractivity (Wildman–Crippen MR) is 50.5 cm³/mol. The zero-order chi connectivity index (χ0) is 9.00. The molecule has 0 rings (SSSR count). The molecule has 0 fully saturated rings. The molecule has 0 aliphatic heterocycles. The van der Waals surface area contributed by atoms with Crippen LogP contribution in [0, 0.1) is 0 Å². The van der Waals surface area contributed by atoms with Crippen LogP contribution in [0.15, 0.2) is 0 Å². The summed E-state index contributed by atoms with van der Waals surface area (Å²) in [5.41, 5.74) is 0. The molecule has 11 heteroatoms. The van der Waals surface area contributed by atoms with Crippen LogP contribution < -0.4 is 0 Å². The Morgan fingerprint density at radius 2 is 1.00 bits per heavy atom. The van der Waals surface area contributed by atoms with Crippen LogP contribution in [0.4, 0.5) is 0 Å². The Kier molecular flexibility index (Phi) is 14.7. The first kappa shape index (κ1) is 19.5. The van der Waals surface area contributed by atoms with Gasteiger partial charge in [-0.2, -0.15) is 8.42 Å². The average molecular weight is 471 g/mol. The van der Waals surface area contributed by atoms with Crippen LogP contribution in [0.1, 0.15) is 0 Å². The van der Waals surface area contributed by atoms with Crippen molar-refractivity contribution in [2.45, 2.75) is 0 Å². The van der Waals surface area contributed by atoms with Crippen LogP contribution in [0.3, 0.4) is 0 Å². The molecule has 2 N–H and O–H groups in total. The van der Waals surface area contributed by atoms with Gasteiger partial charge in [-0.25, -0.2) is 0 Å². The number of rotatable bonds is 0. The number of hydrogen-bond acceptors (Lipinski definition) is 2. The zero-order valence-electron chi connectivity index (χ0n) is 4.13. The summed E-state index contributed by atoms with van der Waals surface area (Å²) >= 11 is -3.39. The summed E-state index contributed by atoms with van der Waals surface area (Å²) in [5, 5.41) is 0. The van der Waals surface area contributed by atoms with E-state index in [2.05, 4.69) is 0 Å². The fourth-order valence-electron chi connectivity index (χ4n) is 0. The second-order valence-electron chi connectivity index (χ2n) is 0.876. The van der Waals surface area contributed by atoms with E-state index < -0.39 is 26.7 Å². The van der Waals surface area contributed by atoms with E-state index in [-0.39, 0.29) is 29.6 Å². The molecular weight excluding hydrogens is 468 g/mol. The first-order valence-electron chi connectivity index (χ1n) is 1.45. The molecule has 0 spiro atoms. The van der Waals surface area contributed by atoms with Gasteiger partial charge in [0.15, 0.2) is 0 Å². The second kappa shape index (κ2) is 8.28. The van der Waals surface area contributed by atoms with Gasteiger partial charge >= 0.3 is 89.5 Å². The zero-order valence-corrected chi connectivity index (χ0v) is 11.9. The van der Waals surface area contributed by atoms with Gasteiger partial charge in [0, 0.05) is 0 Å². The van der Waals surface area contributed by atoms with Crippen LogP contribution >= 0.6 is 33.3 Å². The fraction of sp³-hybridized carbons (Fsp3) is 0. The van der Waals surface area contributed by atoms with Crippen molar-refractivity contribution in [1.29, 1.82) is 0 Å². The third-order valence-electron chi connectivity index (χ3n) is 0. The molecule has 66 valence electrons. The minimum atomic E-state index is -4.67. The molecule has 0 aliphatic rings. The molecule has 0 aromatic heterocycles. The van der Waals surface area contributed by atoms with E-state index in [1.165, 1.54) is 0 Å². The van der Waals surface area contributed by atoms with Gasteiger partial charge in [0.2, 0.25) is 0 Å². The SMILES string of the molecule is O=S(=O)(O)O.[Cl][Pb]([Cl])([Cl])[Cl].[NaH]. The molecular formula is H3Cl4NaO4PbS. The van der Waals surface area contributed by atoms with Gasteiger partial charge in [-0.3, -0.25) is 9.11 Å². The Balaban J connectivity index is -0.000000107. The van der Waals surface area contributed by atoms with Gasteiger partial charge in [-0.15, -0.1) is 0 Å². The van der Waals surface area contributed by atoms with Gasteiger partial charge in [-0.05, 0) is 0 Å².